The third-order valence-corrected chi connectivity index (χ3v) is 2.62. The lowest BCUT2D eigenvalue weighted by molar-refractivity contribution is 0.421. The summed E-state index contributed by atoms with van der Waals surface area (Å²) in [6.07, 6.45) is 4.35. The molecule has 1 nitrogen and oxygen atoms in total. The minimum absolute atomic E-state index is 0.933. The van der Waals surface area contributed by atoms with E-state index >= 15 is 0 Å². The van der Waals surface area contributed by atoms with E-state index in [-0.39, 0.29) is 0 Å². The average Bonchev–Trinajstić information content (AvgIpc) is 2.19. The lowest BCUT2D eigenvalue weighted by Crippen LogP contribution is -1.93. The maximum atomic E-state index is 5.74. The number of aryl methyl sites for hydroxylation is 1. The number of benzene rings is 1. The second-order valence-electron chi connectivity index (χ2n) is 3.62. The van der Waals surface area contributed by atoms with E-state index in [1.54, 1.807) is 0 Å². The van der Waals surface area contributed by atoms with E-state index in [9.17, 15) is 0 Å². The number of unbranched alkanes of at least 4 members (excludes halogenated alkanes) is 1. The van der Waals surface area contributed by atoms with E-state index in [2.05, 4.69) is 35.0 Å². The van der Waals surface area contributed by atoms with Gasteiger partial charge in [-0.1, -0.05) is 29.3 Å². The quantitative estimate of drug-likeness (QED) is 0.710. The van der Waals surface area contributed by atoms with Crippen molar-refractivity contribution in [1.29, 1.82) is 0 Å². The second-order valence-corrected chi connectivity index (χ2v) is 4.53. The monoisotopic (exact) mass is 268 g/mol. The van der Waals surface area contributed by atoms with Crippen LogP contribution in [0.2, 0.25) is 0 Å². The molecule has 2 heteroatoms. The summed E-state index contributed by atoms with van der Waals surface area (Å²) >= 11 is 3.43. The van der Waals surface area contributed by atoms with Crippen LogP contribution in [0, 0.1) is 6.92 Å². The molecule has 0 aromatic heterocycles. The van der Waals surface area contributed by atoms with Crippen molar-refractivity contribution in [2.45, 2.75) is 33.6 Å². The van der Waals surface area contributed by atoms with Crippen molar-refractivity contribution in [2.24, 2.45) is 0 Å². The highest BCUT2D eigenvalue weighted by Gasteiger charge is 2.00. The molecule has 0 radical (unpaired) electrons. The number of hydrogen-bond donors (Lipinski definition) is 0. The van der Waals surface area contributed by atoms with Crippen molar-refractivity contribution in [2.75, 3.05) is 0 Å². The van der Waals surface area contributed by atoms with Crippen LogP contribution in [0.15, 0.2) is 34.5 Å². The van der Waals surface area contributed by atoms with Gasteiger partial charge in [0, 0.05) is 4.47 Å². The zero-order valence-corrected chi connectivity index (χ0v) is 11.1. The van der Waals surface area contributed by atoms with E-state index in [0.717, 1.165) is 34.4 Å². The molecule has 0 unspecified atom stereocenters. The maximum Gasteiger partial charge on any atom is 0.129 e. The molecule has 0 aliphatic heterocycles. The summed E-state index contributed by atoms with van der Waals surface area (Å²) in [5, 5.41) is 0. The molecular weight excluding hydrogens is 252 g/mol. The van der Waals surface area contributed by atoms with Gasteiger partial charge in [-0.2, -0.15) is 0 Å². The summed E-state index contributed by atoms with van der Waals surface area (Å²) in [7, 11) is 0. The first-order valence-electron chi connectivity index (χ1n) is 5.24. The molecule has 0 N–H and O–H groups in total. The minimum Gasteiger partial charge on any atom is -0.462 e. The van der Waals surface area contributed by atoms with Gasteiger partial charge in [-0.05, 0) is 50.1 Å². The van der Waals surface area contributed by atoms with E-state index < -0.39 is 0 Å². The Balaban J connectivity index is 2.72. The standard InChI is InChI=1S/C13H17BrO/c1-4-5-6-11(3)15-13-8-7-12(14)9-10(13)2/h6-9H,4-5H2,1-3H3/b11-6+. The summed E-state index contributed by atoms with van der Waals surface area (Å²) in [6, 6.07) is 6.04. The molecule has 0 saturated heterocycles. The topological polar surface area (TPSA) is 9.23 Å². The van der Waals surface area contributed by atoms with Crippen molar-refractivity contribution in [3.63, 3.8) is 0 Å². The molecule has 0 aliphatic carbocycles. The first kappa shape index (κ1) is 12.3. The largest absolute Gasteiger partial charge is 0.462 e. The van der Waals surface area contributed by atoms with Crippen LogP contribution < -0.4 is 4.74 Å². The van der Waals surface area contributed by atoms with Crippen LogP contribution in [0.3, 0.4) is 0 Å². The van der Waals surface area contributed by atoms with Crippen molar-refractivity contribution in [3.8, 4) is 5.75 Å². The van der Waals surface area contributed by atoms with Crippen molar-refractivity contribution in [1.82, 2.24) is 0 Å². The smallest absolute Gasteiger partial charge is 0.129 e. The Morgan fingerprint density at radius 3 is 2.80 bits per heavy atom. The number of hydrogen-bond acceptors (Lipinski definition) is 1. The third kappa shape index (κ3) is 4.08. The number of ether oxygens (including phenoxy) is 1. The molecule has 0 bridgehead atoms. The third-order valence-electron chi connectivity index (χ3n) is 2.13. The molecule has 0 fully saturated rings. The van der Waals surface area contributed by atoms with E-state index in [1.807, 2.05) is 26.0 Å². The highest BCUT2D eigenvalue weighted by atomic mass is 79.9. The van der Waals surface area contributed by atoms with E-state index in [4.69, 9.17) is 4.74 Å². The van der Waals surface area contributed by atoms with Crippen LogP contribution in [-0.4, -0.2) is 0 Å². The predicted octanol–water partition coefficient (Wildman–Crippen LogP) is 4.84. The van der Waals surface area contributed by atoms with Gasteiger partial charge in [0.2, 0.25) is 0 Å². The van der Waals surface area contributed by atoms with Gasteiger partial charge >= 0.3 is 0 Å². The maximum absolute atomic E-state index is 5.74. The van der Waals surface area contributed by atoms with Gasteiger partial charge in [-0.15, -0.1) is 0 Å². The molecule has 82 valence electrons. The molecule has 0 atom stereocenters. The van der Waals surface area contributed by atoms with E-state index in [0.29, 0.717) is 0 Å². The molecule has 0 heterocycles. The molecule has 0 aliphatic rings. The van der Waals surface area contributed by atoms with Gasteiger partial charge in [0.25, 0.3) is 0 Å². The number of allylic oxidation sites excluding steroid dienone is 2. The molecular formula is C13H17BrO. The Morgan fingerprint density at radius 1 is 1.47 bits per heavy atom. The Morgan fingerprint density at radius 2 is 2.20 bits per heavy atom. The summed E-state index contributed by atoms with van der Waals surface area (Å²) < 4.78 is 6.83. The summed E-state index contributed by atoms with van der Waals surface area (Å²) in [4.78, 5) is 0. The fourth-order valence-corrected chi connectivity index (χ4v) is 1.77. The Bertz CT molecular complexity index is 356. The van der Waals surface area contributed by atoms with Gasteiger partial charge in [0.1, 0.15) is 5.75 Å². The van der Waals surface area contributed by atoms with Crippen LogP contribution in [0.25, 0.3) is 0 Å². The first-order valence-corrected chi connectivity index (χ1v) is 6.03. The van der Waals surface area contributed by atoms with Crippen LogP contribution in [0.1, 0.15) is 32.3 Å². The van der Waals surface area contributed by atoms with Crippen LogP contribution in [0.5, 0.6) is 5.75 Å². The van der Waals surface area contributed by atoms with Crippen molar-refractivity contribution >= 4 is 15.9 Å². The highest BCUT2D eigenvalue weighted by Crippen LogP contribution is 2.23. The fourth-order valence-electron chi connectivity index (χ4n) is 1.29. The molecule has 1 aromatic rings. The number of halogens is 1. The Labute approximate surface area is 100 Å². The summed E-state index contributed by atoms with van der Waals surface area (Å²) in [5.41, 5.74) is 1.15. The molecule has 1 aromatic carbocycles. The van der Waals surface area contributed by atoms with Gasteiger partial charge < -0.3 is 4.74 Å². The SMILES string of the molecule is CCC/C=C(\C)Oc1ccc(Br)cc1C. The molecule has 15 heavy (non-hydrogen) atoms. The first-order chi connectivity index (χ1) is 7.13. The Hall–Kier alpha value is -0.760. The van der Waals surface area contributed by atoms with Crippen molar-refractivity contribution in [3.05, 3.63) is 40.1 Å². The summed E-state index contributed by atoms with van der Waals surface area (Å²) in [5.74, 6) is 1.91. The summed E-state index contributed by atoms with van der Waals surface area (Å²) in [6.45, 7) is 6.21. The zero-order valence-electron chi connectivity index (χ0n) is 9.51. The van der Waals surface area contributed by atoms with Crippen LogP contribution in [0.4, 0.5) is 0 Å². The zero-order chi connectivity index (χ0) is 11.3. The average molecular weight is 269 g/mol. The van der Waals surface area contributed by atoms with Crippen molar-refractivity contribution < 1.29 is 4.74 Å². The molecule has 0 spiro atoms. The lowest BCUT2D eigenvalue weighted by Gasteiger charge is -2.09. The van der Waals surface area contributed by atoms with Crippen LogP contribution >= 0.6 is 15.9 Å². The van der Waals surface area contributed by atoms with Gasteiger partial charge in [0.05, 0.1) is 5.76 Å². The Kier molecular flexibility index (Phi) is 4.89. The van der Waals surface area contributed by atoms with Gasteiger partial charge in [0.15, 0.2) is 0 Å². The molecule has 1 rings (SSSR count). The second kappa shape index (κ2) is 5.96. The molecule has 0 amide bonds. The number of rotatable bonds is 4. The van der Waals surface area contributed by atoms with Gasteiger partial charge in [-0.25, -0.2) is 0 Å². The lowest BCUT2D eigenvalue weighted by atomic mass is 10.2. The predicted molar refractivity (Wildman–Crippen MR) is 68.2 cm³/mol. The fraction of sp³-hybridized carbons (Fsp3) is 0.385. The normalized spacial score (nSPS) is 11.6. The van der Waals surface area contributed by atoms with Gasteiger partial charge in [-0.3, -0.25) is 0 Å². The van der Waals surface area contributed by atoms with E-state index in [1.165, 1.54) is 0 Å². The van der Waals surface area contributed by atoms with Crippen LogP contribution in [-0.2, 0) is 0 Å². The molecule has 0 saturated carbocycles. The highest BCUT2D eigenvalue weighted by molar-refractivity contribution is 9.10. The minimum atomic E-state index is 0.933.